The normalized spacial score (nSPS) is 12.3. The van der Waals surface area contributed by atoms with Gasteiger partial charge in [-0.05, 0) is 42.3 Å². The van der Waals surface area contributed by atoms with E-state index in [-0.39, 0.29) is 0 Å². The Labute approximate surface area is 102 Å². The molecule has 17 heavy (non-hydrogen) atoms. The van der Waals surface area contributed by atoms with Crippen LogP contribution in [0.2, 0.25) is 0 Å². The minimum absolute atomic E-state index is 0.326. The molecule has 2 heterocycles. The highest BCUT2D eigenvalue weighted by Gasteiger charge is 2.10. The zero-order valence-electron chi connectivity index (χ0n) is 10.0. The molecule has 0 amide bonds. The van der Waals surface area contributed by atoms with E-state index in [0.717, 1.165) is 13.0 Å². The smallest absolute Gasteiger partial charge is 0.0362 e. The van der Waals surface area contributed by atoms with Crippen LogP contribution in [0.1, 0.15) is 24.1 Å². The summed E-state index contributed by atoms with van der Waals surface area (Å²) in [7, 11) is 0. The Hall–Kier alpha value is -1.74. The van der Waals surface area contributed by atoms with Crippen molar-refractivity contribution in [2.75, 3.05) is 6.54 Å². The van der Waals surface area contributed by atoms with Gasteiger partial charge in [0.15, 0.2) is 0 Å². The summed E-state index contributed by atoms with van der Waals surface area (Å²) in [6.07, 6.45) is 8.35. The van der Waals surface area contributed by atoms with E-state index >= 15 is 0 Å². The number of hydrogen-bond donors (Lipinski definition) is 1. The summed E-state index contributed by atoms with van der Waals surface area (Å²) < 4.78 is 0. The molecule has 1 unspecified atom stereocenters. The first-order valence-electron chi connectivity index (χ1n) is 5.92. The molecule has 2 rings (SSSR count). The van der Waals surface area contributed by atoms with Crippen LogP contribution < -0.4 is 5.32 Å². The van der Waals surface area contributed by atoms with Gasteiger partial charge in [-0.2, -0.15) is 0 Å². The van der Waals surface area contributed by atoms with Crippen molar-refractivity contribution in [3.05, 3.63) is 60.2 Å². The number of rotatable bonds is 5. The topological polar surface area (TPSA) is 37.8 Å². The van der Waals surface area contributed by atoms with E-state index in [1.54, 1.807) is 6.20 Å². The van der Waals surface area contributed by atoms with Gasteiger partial charge in [-0.1, -0.05) is 13.0 Å². The maximum atomic E-state index is 4.15. The highest BCUT2D eigenvalue weighted by molar-refractivity contribution is 5.19. The Kier molecular flexibility index (Phi) is 4.22. The maximum absolute atomic E-state index is 4.15. The predicted molar refractivity (Wildman–Crippen MR) is 68.6 cm³/mol. The van der Waals surface area contributed by atoms with Crippen LogP contribution in [-0.2, 0) is 6.42 Å². The highest BCUT2D eigenvalue weighted by Crippen LogP contribution is 2.16. The molecule has 0 radical (unpaired) electrons. The van der Waals surface area contributed by atoms with E-state index in [2.05, 4.69) is 40.4 Å². The number of pyridine rings is 2. The van der Waals surface area contributed by atoms with Crippen molar-refractivity contribution >= 4 is 0 Å². The third-order valence-electron chi connectivity index (χ3n) is 2.72. The number of nitrogens with one attached hydrogen (secondary N) is 1. The van der Waals surface area contributed by atoms with Crippen LogP contribution in [0.25, 0.3) is 0 Å². The Morgan fingerprint density at radius 1 is 1.12 bits per heavy atom. The van der Waals surface area contributed by atoms with Gasteiger partial charge in [-0.15, -0.1) is 0 Å². The van der Waals surface area contributed by atoms with Crippen LogP contribution in [0.4, 0.5) is 0 Å². The van der Waals surface area contributed by atoms with Crippen LogP contribution in [-0.4, -0.2) is 16.5 Å². The largest absolute Gasteiger partial charge is 0.310 e. The average Bonchev–Trinajstić information content (AvgIpc) is 2.40. The van der Waals surface area contributed by atoms with E-state index in [9.17, 15) is 0 Å². The monoisotopic (exact) mass is 227 g/mol. The molecule has 0 spiro atoms. The second kappa shape index (κ2) is 6.11. The third kappa shape index (κ3) is 3.36. The Balaban J connectivity index is 2.13. The van der Waals surface area contributed by atoms with Gasteiger partial charge in [0.05, 0.1) is 0 Å². The Morgan fingerprint density at radius 3 is 2.59 bits per heavy atom. The van der Waals surface area contributed by atoms with Gasteiger partial charge in [0.2, 0.25) is 0 Å². The SMILES string of the molecule is CCNC(Cc1cccnc1)c1ccncc1. The second-order valence-electron chi connectivity index (χ2n) is 3.96. The fraction of sp³-hybridized carbons (Fsp3) is 0.286. The predicted octanol–water partition coefficient (Wildman–Crippen LogP) is 2.37. The van der Waals surface area contributed by atoms with Gasteiger partial charge in [0.25, 0.3) is 0 Å². The van der Waals surface area contributed by atoms with Crippen molar-refractivity contribution in [3.63, 3.8) is 0 Å². The first kappa shape index (κ1) is 11.7. The molecule has 0 fully saturated rings. The average molecular weight is 227 g/mol. The van der Waals surface area contributed by atoms with E-state index in [1.807, 2.05) is 24.7 Å². The summed E-state index contributed by atoms with van der Waals surface area (Å²) in [5.74, 6) is 0. The van der Waals surface area contributed by atoms with Crippen LogP contribution in [0.5, 0.6) is 0 Å². The fourth-order valence-corrected chi connectivity index (χ4v) is 1.90. The van der Waals surface area contributed by atoms with Gasteiger partial charge >= 0.3 is 0 Å². The summed E-state index contributed by atoms with van der Waals surface area (Å²) in [5.41, 5.74) is 2.51. The minimum atomic E-state index is 0.326. The quantitative estimate of drug-likeness (QED) is 0.852. The van der Waals surface area contributed by atoms with Crippen LogP contribution in [0, 0.1) is 0 Å². The van der Waals surface area contributed by atoms with Gasteiger partial charge in [0, 0.05) is 30.8 Å². The molecule has 0 bridgehead atoms. The van der Waals surface area contributed by atoms with Crippen LogP contribution in [0.15, 0.2) is 49.1 Å². The molecule has 3 nitrogen and oxygen atoms in total. The molecule has 1 N–H and O–H groups in total. The molecule has 0 aliphatic rings. The van der Waals surface area contributed by atoms with Crippen molar-refractivity contribution in [2.24, 2.45) is 0 Å². The molecule has 3 heteroatoms. The Morgan fingerprint density at radius 2 is 1.94 bits per heavy atom. The van der Waals surface area contributed by atoms with Crippen LogP contribution >= 0.6 is 0 Å². The first-order valence-corrected chi connectivity index (χ1v) is 5.92. The van der Waals surface area contributed by atoms with Gasteiger partial charge in [-0.3, -0.25) is 9.97 Å². The van der Waals surface area contributed by atoms with Crippen molar-refractivity contribution < 1.29 is 0 Å². The van der Waals surface area contributed by atoms with E-state index in [4.69, 9.17) is 0 Å². The lowest BCUT2D eigenvalue weighted by Crippen LogP contribution is -2.23. The molecular formula is C14H17N3. The third-order valence-corrected chi connectivity index (χ3v) is 2.72. The van der Waals surface area contributed by atoms with E-state index in [1.165, 1.54) is 11.1 Å². The number of aromatic nitrogens is 2. The van der Waals surface area contributed by atoms with E-state index < -0.39 is 0 Å². The Bertz CT molecular complexity index is 428. The van der Waals surface area contributed by atoms with Crippen LogP contribution in [0.3, 0.4) is 0 Å². The number of nitrogens with zero attached hydrogens (tertiary/aromatic N) is 2. The van der Waals surface area contributed by atoms with E-state index in [0.29, 0.717) is 6.04 Å². The molecule has 88 valence electrons. The lowest BCUT2D eigenvalue weighted by molar-refractivity contribution is 0.548. The number of likely N-dealkylation sites (N-methyl/N-ethyl adjacent to an activating group) is 1. The second-order valence-corrected chi connectivity index (χ2v) is 3.96. The summed E-state index contributed by atoms with van der Waals surface area (Å²) in [5, 5.41) is 3.49. The van der Waals surface area contributed by atoms with Crippen molar-refractivity contribution in [1.29, 1.82) is 0 Å². The number of hydrogen-bond acceptors (Lipinski definition) is 3. The molecule has 1 atom stereocenters. The van der Waals surface area contributed by atoms with Gasteiger partial charge in [-0.25, -0.2) is 0 Å². The highest BCUT2D eigenvalue weighted by atomic mass is 14.9. The molecule has 0 aromatic carbocycles. The molecule has 0 saturated heterocycles. The van der Waals surface area contributed by atoms with Gasteiger partial charge < -0.3 is 5.32 Å². The molecule has 0 aliphatic carbocycles. The van der Waals surface area contributed by atoms with Crippen molar-refractivity contribution in [3.8, 4) is 0 Å². The van der Waals surface area contributed by atoms with Gasteiger partial charge in [0.1, 0.15) is 0 Å². The summed E-state index contributed by atoms with van der Waals surface area (Å²) >= 11 is 0. The molecule has 0 aliphatic heterocycles. The summed E-state index contributed by atoms with van der Waals surface area (Å²) in [6, 6.07) is 8.53. The molecule has 2 aromatic rings. The minimum Gasteiger partial charge on any atom is -0.310 e. The summed E-state index contributed by atoms with van der Waals surface area (Å²) in [4.78, 5) is 8.21. The maximum Gasteiger partial charge on any atom is 0.0362 e. The standard InChI is InChI=1S/C14H17N3/c1-2-17-14(13-5-8-15-9-6-13)10-12-4-3-7-16-11-12/h3-9,11,14,17H,2,10H2,1H3. The molecular weight excluding hydrogens is 210 g/mol. The first-order chi connectivity index (χ1) is 8.40. The fourth-order valence-electron chi connectivity index (χ4n) is 1.90. The zero-order chi connectivity index (χ0) is 11.9. The van der Waals surface area contributed by atoms with Crippen molar-refractivity contribution in [1.82, 2.24) is 15.3 Å². The lowest BCUT2D eigenvalue weighted by atomic mass is 10.0. The van der Waals surface area contributed by atoms with Crippen molar-refractivity contribution in [2.45, 2.75) is 19.4 Å². The molecule has 2 aromatic heterocycles. The molecule has 0 saturated carbocycles. The summed E-state index contributed by atoms with van der Waals surface area (Å²) in [6.45, 7) is 3.07. The lowest BCUT2D eigenvalue weighted by Gasteiger charge is -2.18. The zero-order valence-corrected chi connectivity index (χ0v) is 10.0.